The molecule has 1 atom stereocenters. The molecule has 150 valence electrons. The molecule has 28 heavy (non-hydrogen) atoms. The van der Waals surface area contributed by atoms with Gasteiger partial charge in [0.1, 0.15) is 11.6 Å². The number of unbranched alkanes of at least 4 members (excludes halogenated alkanes) is 2. The van der Waals surface area contributed by atoms with E-state index in [-0.39, 0.29) is 11.9 Å². The third-order valence-corrected chi connectivity index (χ3v) is 5.11. The van der Waals surface area contributed by atoms with Crippen LogP contribution in [0.2, 0.25) is 0 Å². The monoisotopic (exact) mass is 383 g/mol. The van der Waals surface area contributed by atoms with Gasteiger partial charge in [0.25, 0.3) is 0 Å². The number of ether oxygens (including phenoxy) is 1. The average molecular weight is 384 g/mol. The Kier molecular flexibility index (Phi) is 7.43. The summed E-state index contributed by atoms with van der Waals surface area (Å²) in [6.45, 7) is 4.50. The number of nitrogens with one attached hydrogen (secondary N) is 1. The predicted octanol–water partition coefficient (Wildman–Crippen LogP) is 4.92. The van der Waals surface area contributed by atoms with Crippen molar-refractivity contribution in [2.24, 2.45) is 5.10 Å². The lowest BCUT2D eigenvalue weighted by Crippen LogP contribution is -2.22. The number of hydrazone groups is 1. The van der Waals surface area contributed by atoms with Crippen LogP contribution in [0.15, 0.2) is 53.6 Å². The second kappa shape index (κ2) is 10.2. The van der Waals surface area contributed by atoms with Gasteiger partial charge in [-0.2, -0.15) is 5.10 Å². The van der Waals surface area contributed by atoms with Gasteiger partial charge in [-0.1, -0.05) is 50.1 Å². The third-order valence-electron chi connectivity index (χ3n) is 5.11. The highest BCUT2D eigenvalue weighted by molar-refractivity contribution is 5.88. The number of methoxy groups -OCH3 is 1. The van der Waals surface area contributed by atoms with Crippen molar-refractivity contribution in [1.29, 1.82) is 0 Å². The lowest BCUT2D eigenvalue weighted by Gasteiger charge is -2.24. The van der Waals surface area contributed by atoms with Crippen LogP contribution in [0, 0.1) is 5.82 Å². The van der Waals surface area contributed by atoms with E-state index in [0.29, 0.717) is 6.54 Å². The maximum Gasteiger partial charge on any atom is 0.128 e. The van der Waals surface area contributed by atoms with Crippen molar-refractivity contribution in [3.63, 3.8) is 0 Å². The summed E-state index contributed by atoms with van der Waals surface area (Å²) in [4.78, 5) is 0. The van der Waals surface area contributed by atoms with Crippen molar-refractivity contribution in [2.45, 2.75) is 45.2 Å². The zero-order chi connectivity index (χ0) is 19.8. The Morgan fingerprint density at radius 3 is 2.79 bits per heavy atom. The lowest BCUT2D eigenvalue weighted by molar-refractivity contribution is 0.224. The van der Waals surface area contributed by atoms with Crippen LogP contribution in [0.5, 0.6) is 5.75 Å². The Morgan fingerprint density at radius 1 is 1.14 bits per heavy atom. The number of hydrogen-bond donors (Lipinski definition) is 1. The first-order chi connectivity index (χ1) is 13.7. The summed E-state index contributed by atoms with van der Waals surface area (Å²) >= 11 is 0. The molecule has 1 aliphatic heterocycles. The normalized spacial score (nSPS) is 16.3. The fourth-order valence-corrected chi connectivity index (χ4v) is 3.61. The van der Waals surface area contributed by atoms with E-state index in [9.17, 15) is 4.39 Å². The van der Waals surface area contributed by atoms with Gasteiger partial charge in [-0.15, -0.1) is 0 Å². The Hall–Kier alpha value is -2.40. The van der Waals surface area contributed by atoms with Crippen LogP contribution in [-0.4, -0.2) is 30.9 Å². The summed E-state index contributed by atoms with van der Waals surface area (Å²) in [5, 5.41) is 10.4. The van der Waals surface area contributed by atoms with Crippen LogP contribution in [0.25, 0.3) is 0 Å². The molecule has 1 unspecified atom stereocenters. The van der Waals surface area contributed by atoms with Crippen LogP contribution in [-0.2, 0) is 6.54 Å². The van der Waals surface area contributed by atoms with Gasteiger partial charge in [-0.05, 0) is 30.2 Å². The summed E-state index contributed by atoms with van der Waals surface area (Å²) in [5.41, 5.74) is 2.99. The van der Waals surface area contributed by atoms with Crippen LogP contribution in [0.1, 0.15) is 49.8 Å². The van der Waals surface area contributed by atoms with E-state index in [2.05, 4.69) is 23.3 Å². The van der Waals surface area contributed by atoms with Crippen molar-refractivity contribution in [3.8, 4) is 5.75 Å². The first kappa shape index (κ1) is 20.3. The van der Waals surface area contributed by atoms with E-state index in [4.69, 9.17) is 9.84 Å². The van der Waals surface area contributed by atoms with E-state index in [0.717, 1.165) is 49.4 Å². The second-order valence-electron chi connectivity index (χ2n) is 7.23. The quantitative estimate of drug-likeness (QED) is 0.592. The van der Waals surface area contributed by atoms with Gasteiger partial charge in [0.05, 0.1) is 18.9 Å². The van der Waals surface area contributed by atoms with Gasteiger partial charge in [-0.3, -0.25) is 5.01 Å². The summed E-state index contributed by atoms with van der Waals surface area (Å²) < 4.78 is 19.6. The minimum atomic E-state index is -0.145. The third kappa shape index (κ3) is 5.32. The highest BCUT2D eigenvalue weighted by atomic mass is 19.1. The second-order valence-corrected chi connectivity index (χ2v) is 7.23. The van der Waals surface area contributed by atoms with E-state index in [1.807, 2.05) is 30.3 Å². The number of hydrogen-bond acceptors (Lipinski definition) is 4. The van der Waals surface area contributed by atoms with E-state index < -0.39 is 0 Å². The molecular weight excluding hydrogens is 353 g/mol. The molecule has 1 aliphatic rings. The van der Waals surface area contributed by atoms with Gasteiger partial charge in [0.15, 0.2) is 0 Å². The molecule has 4 nitrogen and oxygen atoms in total. The zero-order valence-corrected chi connectivity index (χ0v) is 16.8. The smallest absolute Gasteiger partial charge is 0.128 e. The first-order valence-corrected chi connectivity index (χ1v) is 10.1. The molecule has 1 N–H and O–H groups in total. The SMILES string of the molecule is CCCCCN1N=C(CNCc2cccc(OC)c2)CC1c1ccccc1F. The maximum absolute atomic E-state index is 14.4. The number of benzene rings is 2. The largest absolute Gasteiger partial charge is 0.497 e. The van der Waals surface area contributed by atoms with Crippen LogP contribution in [0.3, 0.4) is 0 Å². The number of halogens is 1. The van der Waals surface area contributed by atoms with Gasteiger partial charge in [0.2, 0.25) is 0 Å². The molecule has 0 spiro atoms. The standard InChI is InChI=1S/C23H30FN3O/c1-3-4-7-13-27-23(21-11-5-6-12-22(21)24)15-19(26-27)17-25-16-18-9-8-10-20(14-18)28-2/h5-6,8-12,14,23,25H,3-4,7,13,15-17H2,1-2H3. The molecular formula is C23H30FN3O. The minimum absolute atomic E-state index is 0.00771. The molecule has 0 aromatic heterocycles. The zero-order valence-electron chi connectivity index (χ0n) is 16.8. The van der Waals surface area contributed by atoms with Gasteiger partial charge in [-0.25, -0.2) is 4.39 Å². The molecule has 2 aromatic rings. The molecule has 0 amide bonds. The van der Waals surface area contributed by atoms with Crippen molar-refractivity contribution in [1.82, 2.24) is 10.3 Å². The topological polar surface area (TPSA) is 36.9 Å². The van der Waals surface area contributed by atoms with Crippen LogP contribution >= 0.6 is 0 Å². The van der Waals surface area contributed by atoms with E-state index in [1.165, 1.54) is 12.0 Å². The molecule has 5 heteroatoms. The highest BCUT2D eigenvalue weighted by Gasteiger charge is 2.29. The summed E-state index contributed by atoms with van der Waals surface area (Å²) in [7, 11) is 1.68. The van der Waals surface area contributed by atoms with E-state index >= 15 is 0 Å². The lowest BCUT2D eigenvalue weighted by atomic mass is 10.0. The predicted molar refractivity (Wildman–Crippen MR) is 112 cm³/mol. The molecule has 3 rings (SSSR count). The van der Waals surface area contributed by atoms with Crippen LogP contribution < -0.4 is 10.1 Å². The molecule has 0 saturated heterocycles. The molecule has 0 bridgehead atoms. The number of rotatable bonds is 10. The Labute approximate surface area is 167 Å². The van der Waals surface area contributed by atoms with Gasteiger partial charge < -0.3 is 10.1 Å². The molecule has 0 aliphatic carbocycles. The molecule has 2 aromatic carbocycles. The molecule has 0 saturated carbocycles. The number of nitrogens with zero attached hydrogens (tertiary/aromatic N) is 2. The average Bonchev–Trinajstić information content (AvgIpc) is 3.11. The first-order valence-electron chi connectivity index (χ1n) is 10.1. The maximum atomic E-state index is 14.4. The van der Waals surface area contributed by atoms with E-state index in [1.54, 1.807) is 19.2 Å². The van der Waals surface area contributed by atoms with Gasteiger partial charge >= 0.3 is 0 Å². The summed E-state index contributed by atoms with van der Waals surface area (Å²) in [6, 6.07) is 15.1. The highest BCUT2D eigenvalue weighted by Crippen LogP contribution is 2.32. The van der Waals surface area contributed by atoms with Crippen molar-refractivity contribution in [3.05, 3.63) is 65.5 Å². The minimum Gasteiger partial charge on any atom is -0.497 e. The Balaban J connectivity index is 1.62. The van der Waals surface area contributed by atoms with Crippen molar-refractivity contribution in [2.75, 3.05) is 20.2 Å². The fraction of sp³-hybridized carbons (Fsp3) is 0.435. The van der Waals surface area contributed by atoms with Crippen LogP contribution in [0.4, 0.5) is 4.39 Å². The molecule has 1 heterocycles. The summed E-state index contributed by atoms with van der Waals surface area (Å²) in [6.07, 6.45) is 4.17. The molecule has 0 fully saturated rings. The Bertz CT molecular complexity index is 793. The van der Waals surface area contributed by atoms with Gasteiger partial charge in [0, 0.05) is 31.6 Å². The molecule has 0 radical (unpaired) electrons. The Morgan fingerprint density at radius 2 is 2.00 bits per heavy atom. The van der Waals surface area contributed by atoms with Crippen molar-refractivity contribution >= 4 is 5.71 Å². The summed E-state index contributed by atoms with van der Waals surface area (Å²) in [5.74, 6) is 0.716. The van der Waals surface area contributed by atoms with Crippen molar-refractivity contribution < 1.29 is 9.13 Å². The fourth-order valence-electron chi connectivity index (χ4n) is 3.61.